The van der Waals surface area contributed by atoms with Crippen LogP contribution in [0.2, 0.25) is 0 Å². The first-order chi connectivity index (χ1) is 16.5. The number of ketones is 1. The summed E-state index contributed by atoms with van der Waals surface area (Å²) in [5, 5.41) is 3.26. The lowest BCUT2D eigenvalue weighted by Gasteiger charge is -2.14. The lowest BCUT2D eigenvalue weighted by Crippen LogP contribution is -2.24. The fourth-order valence-corrected chi connectivity index (χ4v) is 4.03. The van der Waals surface area contributed by atoms with Gasteiger partial charge in [0.25, 0.3) is 0 Å². The van der Waals surface area contributed by atoms with Gasteiger partial charge in [0.2, 0.25) is 18.1 Å². The van der Waals surface area contributed by atoms with E-state index in [9.17, 15) is 14.4 Å². The maximum absolute atomic E-state index is 13.3. The van der Waals surface area contributed by atoms with Crippen LogP contribution in [0.4, 0.5) is 5.69 Å². The van der Waals surface area contributed by atoms with Crippen LogP contribution in [0, 0.1) is 0 Å². The number of benzene rings is 3. The van der Waals surface area contributed by atoms with Crippen molar-refractivity contribution in [2.45, 2.75) is 19.9 Å². The molecule has 7 heteroatoms. The third-order valence-electron chi connectivity index (χ3n) is 5.80. The van der Waals surface area contributed by atoms with Crippen LogP contribution >= 0.6 is 0 Å². The Morgan fingerprint density at radius 3 is 2.56 bits per heavy atom. The summed E-state index contributed by atoms with van der Waals surface area (Å²) in [6, 6.07) is 19.4. The van der Waals surface area contributed by atoms with Gasteiger partial charge in [-0.3, -0.25) is 14.4 Å². The average molecular weight is 454 g/mol. The van der Waals surface area contributed by atoms with E-state index in [1.54, 1.807) is 53.1 Å². The molecule has 1 aliphatic heterocycles. The number of carbonyl (C=O) groups is 2. The molecule has 5 rings (SSSR count). The molecule has 170 valence electrons. The van der Waals surface area contributed by atoms with Crippen molar-refractivity contribution < 1.29 is 19.1 Å². The molecule has 34 heavy (non-hydrogen) atoms. The Bertz CT molecular complexity index is 1470. The molecule has 4 aromatic rings. The number of amides is 1. The number of fused-ring (bicyclic) bond motifs is 2. The third kappa shape index (κ3) is 4.03. The Balaban J connectivity index is 1.52. The zero-order chi connectivity index (χ0) is 23.7. The number of hydrogen-bond acceptors (Lipinski definition) is 5. The number of aryl methyl sites for hydroxylation is 1. The van der Waals surface area contributed by atoms with Gasteiger partial charge in [0.1, 0.15) is 6.54 Å². The summed E-state index contributed by atoms with van der Waals surface area (Å²) in [6.45, 7) is 2.07. The van der Waals surface area contributed by atoms with Gasteiger partial charge in [0.05, 0.1) is 11.1 Å². The smallest absolute Gasteiger partial charge is 0.244 e. The maximum Gasteiger partial charge on any atom is 0.244 e. The molecule has 2 heterocycles. The second-order valence-electron chi connectivity index (χ2n) is 8.02. The van der Waals surface area contributed by atoms with Crippen LogP contribution < -0.4 is 20.2 Å². The van der Waals surface area contributed by atoms with Gasteiger partial charge in [-0.25, -0.2) is 0 Å². The number of rotatable bonds is 6. The molecule has 1 aromatic heterocycles. The van der Waals surface area contributed by atoms with Crippen LogP contribution in [0.15, 0.2) is 77.7 Å². The molecule has 1 amide bonds. The van der Waals surface area contributed by atoms with Crippen molar-refractivity contribution in [3.63, 3.8) is 0 Å². The van der Waals surface area contributed by atoms with E-state index >= 15 is 0 Å². The lowest BCUT2D eigenvalue weighted by atomic mass is 10.0. The molecular formula is C27H22N2O5. The van der Waals surface area contributed by atoms with Gasteiger partial charge in [-0.15, -0.1) is 0 Å². The fraction of sp³-hybridized carbons (Fsp3) is 0.148. The zero-order valence-corrected chi connectivity index (χ0v) is 18.5. The number of nitrogens with zero attached hydrogens (tertiary/aromatic N) is 1. The number of anilines is 1. The molecule has 0 radical (unpaired) electrons. The molecule has 1 aliphatic rings. The Morgan fingerprint density at radius 1 is 0.971 bits per heavy atom. The number of ether oxygens (including phenoxy) is 2. The molecule has 7 nitrogen and oxygen atoms in total. The zero-order valence-electron chi connectivity index (χ0n) is 18.5. The molecule has 0 atom stereocenters. The number of nitrogens with one attached hydrogen (secondary N) is 1. The van der Waals surface area contributed by atoms with E-state index in [1.165, 1.54) is 6.20 Å². The van der Waals surface area contributed by atoms with E-state index in [4.69, 9.17) is 9.47 Å². The van der Waals surface area contributed by atoms with Gasteiger partial charge in [0.15, 0.2) is 17.3 Å². The lowest BCUT2D eigenvalue weighted by molar-refractivity contribution is -0.116. The predicted molar refractivity (Wildman–Crippen MR) is 129 cm³/mol. The van der Waals surface area contributed by atoms with E-state index in [0.717, 1.165) is 12.0 Å². The van der Waals surface area contributed by atoms with E-state index < -0.39 is 0 Å². The Hall–Kier alpha value is -4.39. The molecule has 0 saturated heterocycles. The van der Waals surface area contributed by atoms with Crippen molar-refractivity contribution in [1.29, 1.82) is 0 Å². The Morgan fingerprint density at radius 2 is 1.76 bits per heavy atom. The van der Waals surface area contributed by atoms with Crippen molar-refractivity contribution in [3.8, 4) is 11.5 Å². The van der Waals surface area contributed by atoms with E-state index in [-0.39, 0.29) is 36.0 Å². The van der Waals surface area contributed by atoms with Gasteiger partial charge in [-0.1, -0.05) is 43.3 Å². The highest BCUT2D eigenvalue weighted by atomic mass is 16.7. The number of carbonyl (C=O) groups excluding carboxylic acids is 2. The van der Waals surface area contributed by atoms with Crippen molar-refractivity contribution >= 4 is 28.3 Å². The first-order valence-corrected chi connectivity index (χ1v) is 11.0. The minimum atomic E-state index is -0.376. The van der Waals surface area contributed by atoms with Gasteiger partial charge in [-0.05, 0) is 36.2 Å². The summed E-state index contributed by atoms with van der Waals surface area (Å²) in [5.41, 5.74) is 2.24. The second kappa shape index (κ2) is 8.86. The molecule has 0 fully saturated rings. The molecule has 0 unspecified atom stereocenters. The summed E-state index contributed by atoms with van der Waals surface area (Å²) in [6.07, 6.45) is 2.22. The fourth-order valence-electron chi connectivity index (χ4n) is 4.03. The normalized spacial score (nSPS) is 12.0. The quantitative estimate of drug-likeness (QED) is 0.442. The van der Waals surface area contributed by atoms with Crippen LogP contribution in [0.3, 0.4) is 0 Å². The summed E-state index contributed by atoms with van der Waals surface area (Å²) in [7, 11) is 0. The van der Waals surface area contributed by atoms with Gasteiger partial charge in [0, 0.05) is 28.9 Å². The molecule has 0 saturated carbocycles. The van der Waals surface area contributed by atoms with E-state index in [0.29, 0.717) is 33.7 Å². The van der Waals surface area contributed by atoms with E-state index in [1.807, 2.05) is 25.1 Å². The standard InChI is InChI=1S/C27H22N2O5/c1-2-17-8-10-22-20(12-17)27(32)21(26(31)18-6-4-3-5-7-18)14-29(22)15-25(30)28-19-9-11-23-24(13-19)34-16-33-23/h3-14H,2,15-16H2,1H3,(H,28,30). The minimum absolute atomic E-state index is 0.0304. The monoisotopic (exact) mass is 454 g/mol. The summed E-state index contributed by atoms with van der Waals surface area (Å²) < 4.78 is 12.3. The van der Waals surface area contributed by atoms with Gasteiger partial charge in [-0.2, -0.15) is 0 Å². The molecule has 0 bridgehead atoms. The van der Waals surface area contributed by atoms with Crippen molar-refractivity contribution in [3.05, 3.63) is 99.8 Å². The van der Waals surface area contributed by atoms with Crippen LogP contribution in [0.5, 0.6) is 11.5 Å². The summed E-state index contributed by atoms with van der Waals surface area (Å²) in [5.74, 6) is 0.510. The van der Waals surface area contributed by atoms with Gasteiger partial charge < -0.3 is 19.4 Å². The first kappa shape index (κ1) is 21.5. The SMILES string of the molecule is CCc1ccc2c(c1)c(=O)c(C(=O)c1ccccc1)cn2CC(=O)Nc1ccc2c(c1)OCO2. The van der Waals surface area contributed by atoms with E-state index in [2.05, 4.69) is 5.32 Å². The maximum atomic E-state index is 13.3. The molecule has 3 aromatic carbocycles. The van der Waals surface area contributed by atoms with Crippen molar-refractivity contribution in [1.82, 2.24) is 4.57 Å². The predicted octanol–water partition coefficient (Wildman–Crippen LogP) is 4.16. The highest BCUT2D eigenvalue weighted by Crippen LogP contribution is 2.34. The van der Waals surface area contributed by atoms with Crippen LogP contribution in [0.1, 0.15) is 28.4 Å². The summed E-state index contributed by atoms with van der Waals surface area (Å²) in [4.78, 5) is 39.4. The molecule has 1 N–H and O–H groups in total. The van der Waals surface area contributed by atoms with Crippen LogP contribution in [0.25, 0.3) is 10.9 Å². The second-order valence-corrected chi connectivity index (χ2v) is 8.02. The average Bonchev–Trinajstić information content (AvgIpc) is 3.33. The van der Waals surface area contributed by atoms with Crippen LogP contribution in [-0.2, 0) is 17.8 Å². The molecule has 0 aliphatic carbocycles. The van der Waals surface area contributed by atoms with Crippen molar-refractivity contribution in [2.75, 3.05) is 12.1 Å². The number of hydrogen-bond donors (Lipinski definition) is 1. The number of aromatic nitrogens is 1. The number of pyridine rings is 1. The Kier molecular flexibility index (Phi) is 5.59. The molecular weight excluding hydrogens is 432 g/mol. The first-order valence-electron chi connectivity index (χ1n) is 11.0. The topological polar surface area (TPSA) is 86.6 Å². The third-order valence-corrected chi connectivity index (χ3v) is 5.80. The van der Waals surface area contributed by atoms with Crippen LogP contribution in [-0.4, -0.2) is 23.1 Å². The minimum Gasteiger partial charge on any atom is -0.454 e. The largest absolute Gasteiger partial charge is 0.454 e. The highest BCUT2D eigenvalue weighted by molar-refractivity contribution is 6.10. The highest BCUT2D eigenvalue weighted by Gasteiger charge is 2.19. The van der Waals surface area contributed by atoms with Crippen molar-refractivity contribution in [2.24, 2.45) is 0 Å². The summed E-state index contributed by atoms with van der Waals surface area (Å²) >= 11 is 0. The molecule has 0 spiro atoms. The van der Waals surface area contributed by atoms with Gasteiger partial charge >= 0.3 is 0 Å². The Labute approximate surface area is 195 Å².